The molecule has 0 fully saturated rings. The van der Waals surface area contributed by atoms with Gasteiger partial charge in [0.2, 0.25) is 0 Å². The second-order valence-corrected chi connectivity index (χ2v) is 5.76. The molecule has 0 radical (unpaired) electrons. The van der Waals surface area contributed by atoms with Gasteiger partial charge in [0.05, 0.1) is 11.1 Å². The number of hydrogen-bond acceptors (Lipinski definition) is 5. The quantitative estimate of drug-likeness (QED) is 0.734. The highest BCUT2D eigenvalue weighted by Crippen LogP contribution is 2.25. The highest BCUT2D eigenvalue weighted by molar-refractivity contribution is 7.15. The maximum absolute atomic E-state index is 9.90. The summed E-state index contributed by atoms with van der Waals surface area (Å²) in [5.41, 5.74) is 1.18. The Bertz CT molecular complexity index is 665. The fraction of sp³-hybridized carbons (Fsp3) is 0.188. The summed E-state index contributed by atoms with van der Waals surface area (Å²) in [6.07, 6.45) is 2.82. The van der Waals surface area contributed by atoms with E-state index in [9.17, 15) is 5.11 Å². The molecule has 3 rings (SSSR count). The first kappa shape index (κ1) is 14.0. The minimum absolute atomic E-state index is 0.438. The molecule has 21 heavy (non-hydrogen) atoms. The number of benzene rings is 1. The van der Waals surface area contributed by atoms with Crippen LogP contribution in [0.2, 0.25) is 0 Å². The molecule has 0 spiro atoms. The molecule has 1 unspecified atom stereocenters. The fourth-order valence-corrected chi connectivity index (χ4v) is 2.92. The lowest BCUT2D eigenvalue weighted by atomic mass is 10.2. The van der Waals surface area contributed by atoms with Crippen molar-refractivity contribution in [1.29, 1.82) is 0 Å². The Kier molecular flexibility index (Phi) is 4.45. The Morgan fingerprint density at radius 3 is 2.81 bits per heavy atom. The maximum atomic E-state index is 9.90. The van der Waals surface area contributed by atoms with Crippen molar-refractivity contribution in [3.05, 3.63) is 65.7 Å². The lowest BCUT2D eigenvalue weighted by Gasteiger charge is -2.07. The van der Waals surface area contributed by atoms with Crippen molar-refractivity contribution in [2.24, 2.45) is 0 Å². The van der Waals surface area contributed by atoms with E-state index < -0.39 is 6.10 Å². The first-order valence-corrected chi connectivity index (χ1v) is 7.57. The molecule has 2 N–H and O–H groups in total. The van der Waals surface area contributed by atoms with Gasteiger partial charge >= 0.3 is 0 Å². The van der Waals surface area contributed by atoms with Crippen LogP contribution in [-0.4, -0.2) is 16.6 Å². The molecule has 0 aliphatic heterocycles. The standard InChI is InChI=1S/C16H16N2O2S/c19-13(14-7-4-8-20-14)9-17-11-16-18-10-15(21-16)12-5-2-1-3-6-12/h1-8,10,13,17,19H,9,11H2. The molecule has 0 saturated carbocycles. The smallest absolute Gasteiger partial charge is 0.133 e. The summed E-state index contributed by atoms with van der Waals surface area (Å²) in [5.74, 6) is 0.576. The molecule has 4 nitrogen and oxygen atoms in total. The SMILES string of the molecule is OC(CNCc1ncc(-c2ccccc2)s1)c1ccco1. The lowest BCUT2D eigenvalue weighted by molar-refractivity contribution is 0.147. The zero-order valence-electron chi connectivity index (χ0n) is 11.4. The number of aliphatic hydroxyl groups is 1. The second-order valence-electron chi connectivity index (χ2n) is 4.65. The molecular formula is C16H16N2O2S. The molecule has 0 saturated heterocycles. The highest BCUT2D eigenvalue weighted by Gasteiger charge is 2.10. The van der Waals surface area contributed by atoms with Crippen LogP contribution in [0.1, 0.15) is 16.9 Å². The van der Waals surface area contributed by atoms with Gasteiger partial charge in [-0.25, -0.2) is 4.98 Å². The van der Waals surface area contributed by atoms with Gasteiger partial charge in [-0.2, -0.15) is 0 Å². The number of nitrogens with zero attached hydrogens (tertiary/aromatic N) is 1. The maximum Gasteiger partial charge on any atom is 0.133 e. The van der Waals surface area contributed by atoms with Gasteiger partial charge < -0.3 is 14.8 Å². The van der Waals surface area contributed by atoms with Crippen molar-refractivity contribution < 1.29 is 9.52 Å². The average molecular weight is 300 g/mol. The Labute approximate surface area is 127 Å². The van der Waals surface area contributed by atoms with Crippen LogP contribution in [0.15, 0.2) is 59.3 Å². The van der Waals surface area contributed by atoms with Crippen molar-refractivity contribution in [3.63, 3.8) is 0 Å². The zero-order chi connectivity index (χ0) is 14.5. The summed E-state index contributed by atoms with van der Waals surface area (Å²) in [6, 6.07) is 13.7. The Balaban J connectivity index is 1.54. The normalized spacial score (nSPS) is 12.4. The van der Waals surface area contributed by atoms with Crippen LogP contribution in [0.4, 0.5) is 0 Å². The largest absolute Gasteiger partial charge is 0.467 e. The molecule has 0 amide bonds. The predicted molar refractivity (Wildman–Crippen MR) is 82.9 cm³/mol. The number of aromatic nitrogens is 1. The molecule has 3 aromatic rings. The summed E-state index contributed by atoms with van der Waals surface area (Å²) in [6.45, 7) is 1.07. The van der Waals surface area contributed by atoms with Crippen LogP contribution in [0.25, 0.3) is 10.4 Å². The van der Waals surface area contributed by atoms with E-state index in [-0.39, 0.29) is 0 Å². The van der Waals surface area contributed by atoms with Gasteiger partial charge in [0, 0.05) is 19.3 Å². The Hall–Kier alpha value is -1.95. The van der Waals surface area contributed by atoms with Crippen molar-refractivity contribution >= 4 is 11.3 Å². The minimum Gasteiger partial charge on any atom is -0.467 e. The molecule has 5 heteroatoms. The van der Waals surface area contributed by atoms with Gasteiger partial charge in [0.25, 0.3) is 0 Å². The van der Waals surface area contributed by atoms with E-state index in [0.29, 0.717) is 18.8 Å². The van der Waals surface area contributed by atoms with Gasteiger partial charge in [0.15, 0.2) is 0 Å². The monoisotopic (exact) mass is 300 g/mol. The van der Waals surface area contributed by atoms with E-state index in [4.69, 9.17) is 4.42 Å². The third kappa shape index (κ3) is 3.58. The highest BCUT2D eigenvalue weighted by atomic mass is 32.1. The van der Waals surface area contributed by atoms with Gasteiger partial charge in [-0.15, -0.1) is 11.3 Å². The first-order valence-electron chi connectivity index (χ1n) is 6.75. The van der Waals surface area contributed by atoms with Gasteiger partial charge in [-0.3, -0.25) is 0 Å². The number of nitrogens with one attached hydrogen (secondary N) is 1. The molecule has 1 aromatic carbocycles. The summed E-state index contributed by atoms with van der Waals surface area (Å²) in [4.78, 5) is 5.55. The van der Waals surface area contributed by atoms with Crippen molar-refractivity contribution in [1.82, 2.24) is 10.3 Å². The lowest BCUT2D eigenvalue weighted by Crippen LogP contribution is -2.20. The minimum atomic E-state index is -0.631. The molecular weight excluding hydrogens is 284 g/mol. The van der Waals surface area contributed by atoms with E-state index >= 15 is 0 Å². The third-order valence-electron chi connectivity index (χ3n) is 3.10. The van der Waals surface area contributed by atoms with Crippen molar-refractivity contribution in [2.45, 2.75) is 12.6 Å². The van der Waals surface area contributed by atoms with Crippen LogP contribution >= 0.6 is 11.3 Å². The van der Waals surface area contributed by atoms with E-state index in [2.05, 4.69) is 22.4 Å². The van der Waals surface area contributed by atoms with Crippen LogP contribution in [-0.2, 0) is 6.54 Å². The van der Waals surface area contributed by atoms with Gasteiger partial charge in [-0.05, 0) is 17.7 Å². The van der Waals surface area contributed by atoms with Crippen LogP contribution < -0.4 is 5.32 Å². The Morgan fingerprint density at radius 2 is 2.05 bits per heavy atom. The topological polar surface area (TPSA) is 58.3 Å². The second kappa shape index (κ2) is 6.67. The van der Waals surface area contributed by atoms with Crippen molar-refractivity contribution in [3.8, 4) is 10.4 Å². The molecule has 2 heterocycles. The number of rotatable bonds is 6. The number of furan rings is 1. The number of thiazole rings is 1. The summed E-state index contributed by atoms with van der Waals surface area (Å²) >= 11 is 1.66. The molecule has 0 bridgehead atoms. The molecule has 0 aliphatic carbocycles. The predicted octanol–water partition coefficient (Wildman–Crippen LogP) is 3.23. The van der Waals surface area contributed by atoms with Crippen LogP contribution in [0.5, 0.6) is 0 Å². The van der Waals surface area contributed by atoms with E-state index in [1.54, 1.807) is 29.7 Å². The van der Waals surface area contributed by atoms with Gasteiger partial charge in [0.1, 0.15) is 16.9 Å². The summed E-state index contributed by atoms with van der Waals surface area (Å²) in [5, 5.41) is 14.1. The van der Waals surface area contributed by atoms with Crippen LogP contribution in [0, 0.1) is 0 Å². The number of aliphatic hydroxyl groups excluding tert-OH is 1. The van der Waals surface area contributed by atoms with E-state index in [1.807, 2.05) is 24.4 Å². The summed E-state index contributed by atoms with van der Waals surface area (Å²) < 4.78 is 5.16. The third-order valence-corrected chi connectivity index (χ3v) is 4.14. The fourth-order valence-electron chi connectivity index (χ4n) is 2.03. The molecule has 1 atom stereocenters. The zero-order valence-corrected chi connectivity index (χ0v) is 12.2. The molecule has 108 valence electrons. The van der Waals surface area contributed by atoms with Gasteiger partial charge in [-0.1, -0.05) is 30.3 Å². The first-order chi connectivity index (χ1) is 10.3. The van der Waals surface area contributed by atoms with E-state index in [0.717, 1.165) is 9.88 Å². The average Bonchev–Trinajstić information content (AvgIpc) is 3.20. The number of hydrogen-bond donors (Lipinski definition) is 2. The molecule has 2 aromatic heterocycles. The summed E-state index contributed by atoms with van der Waals surface area (Å²) in [7, 11) is 0. The van der Waals surface area contributed by atoms with E-state index in [1.165, 1.54) is 5.56 Å². The van der Waals surface area contributed by atoms with Crippen LogP contribution in [0.3, 0.4) is 0 Å². The molecule has 0 aliphatic rings. The van der Waals surface area contributed by atoms with Crippen molar-refractivity contribution in [2.75, 3.05) is 6.54 Å². The Morgan fingerprint density at radius 1 is 1.19 bits per heavy atom.